The van der Waals surface area contributed by atoms with Crippen LogP contribution in [0.5, 0.6) is 5.75 Å². The van der Waals surface area contributed by atoms with Crippen molar-refractivity contribution in [3.8, 4) is 5.75 Å². The van der Waals surface area contributed by atoms with Crippen LogP contribution in [-0.2, 0) is 22.6 Å². The van der Waals surface area contributed by atoms with Crippen molar-refractivity contribution >= 4 is 34.6 Å². The van der Waals surface area contributed by atoms with Crippen molar-refractivity contribution in [2.75, 3.05) is 0 Å². The van der Waals surface area contributed by atoms with E-state index < -0.39 is 23.7 Å². The van der Waals surface area contributed by atoms with Crippen LogP contribution in [0.15, 0.2) is 57.7 Å². The summed E-state index contributed by atoms with van der Waals surface area (Å²) in [6.45, 7) is 3.87. The number of rotatable bonds is 8. The maximum atomic E-state index is 12.7. The minimum absolute atomic E-state index is 0.0427. The number of amides is 1. The summed E-state index contributed by atoms with van der Waals surface area (Å²) in [6, 6.07) is 12.7. The summed E-state index contributed by atoms with van der Waals surface area (Å²) in [6.07, 6.45) is 0.858. The highest BCUT2D eigenvalue weighted by Gasteiger charge is 2.24. The summed E-state index contributed by atoms with van der Waals surface area (Å²) in [5, 5.41) is 3.40. The second-order valence-corrected chi connectivity index (χ2v) is 7.60. The molecule has 0 radical (unpaired) electrons. The molecule has 1 amide bonds. The quantitative estimate of drug-likeness (QED) is 0.290. The van der Waals surface area contributed by atoms with Gasteiger partial charge >= 0.3 is 17.7 Å². The van der Waals surface area contributed by atoms with E-state index in [0.29, 0.717) is 24.6 Å². The number of fused-ring (bicyclic) bond motifs is 1. The van der Waals surface area contributed by atoms with Crippen LogP contribution in [0.4, 0.5) is 4.79 Å². The Bertz CT molecular complexity index is 1160. The molecule has 168 valence electrons. The summed E-state index contributed by atoms with van der Waals surface area (Å²) < 4.78 is 15.9. The highest BCUT2D eigenvalue weighted by molar-refractivity contribution is 6.33. The molecule has 1 heterocycles. The topological polar surface area (TPSA) is 94.8 Å². The predicted octanol–water partition coefficient (Wildman–Crippen LogP) is 5.01. The van der Waals surface area contributed by atoms with Crippen LogP contribution in [0.25, 0.3) is 11.0 Å². The largest absolute Gasteiger partial charge is 0.445 e. The first-order chi connectivity index (χ1) is 15.4. The Morgan fingerprint density at radius 1 is 1.12 bits per heavy atom. The lowest BCUT2D eigenvalue weighted by Gasteiger charge is -2.17. The van der Waals surface area contributed by atoms with E-state index in [1.165, 1.54) is 12.1 Å². The molecule has 0 aliphatic carbocycles. The van der Waals surface area contributed by atoms with E-state index in [0.717, 1.165) is 11.1 Å². The third-order valence-corrected chi connectivity index (χ3v) is 5.14. The summed E-state index contributed by atoms with van der Waals surface area (Å²) >= 11 is 6.31. The zero-order valence-electron chi connectivity index (χ0n) is 17.9. The predicted molar refractivity (Wildman–Crippen MR) is 121 cm³/mol. The summed E-state index contributed by atoms with van der Waals surface area (Å²) in [4.78, 5) is 36.7. The molecular formula is C24H24ClNO6. The number of halogens is 1. The van der Waals surface area contributed by atoms with Gasteiger partial charge < -0.3 is 19.2 Å². The van der Waals surface area contributed by atoms with Crippen LogP contribution in [0.3, 0.4) is 0 Å². The zero-order valence-corrected chi connectivity index (χ0v) is 18.6. The van der Waals surface area contributed by atoms with Crippen molar-refractivity contribution in [1.82, 2.24) is 5.32 Å². The number of alkyl carbamates (subject to hydrolysis) is 1. The Labute approximate surface area is 190 Å². The number of benzene rings is 2. The van der Waals surface area contributed by atoms with Gasteiger partial charge in [0.15, 0.2) is 5.75 Å². The number of esters is 1. The van der Waals surface area contributed by atoms with Crippen LogP contribution < -0.4 is 15.7 Å². The maximum absolute atomic E-state index is 12.7. The second kappa shape index (κ2) is 10.8. The third kappa shape index (κ3) is 5.88. The average Bonchev–Trinajstić information content (AvgIpc) is 2.78. The molecule has 32 heavy (non-hydrogen) atoms. The molecule has 2 aromatic carbocycles. The van der Waals surface area contributed by atoms with Gasteiger partial charge in [-0.3, -0.25) is 0 Å². The van der Waals surface area contributed by atoms with Gasteiger partial charge in [0.2, 0.25) is 0 Å². The first-order valence-corrected chi connectivity index (χ1v) is 10.7. The van der Waals surface area contributed by atoms with Gasteiger partial charge in [-0.25, -0.2) is 14.4 Å². The highest BCUT2D eigenvalue weighted by atomic mass is 35.5. The minimum Gasteiger partial charge on any atom is -0.445 e. The SMILES string of the molecule is CCC[C@H](NC(=O)OCc1ccccc1)C(=O)Oc1cc2oc(=O)cc(CC)c2cc1Cl. The van der Waals surface area contributed by atoms with Crippen LogP contribution in [0.1, 0.15) is 37.8 Å². The lowest BCUT2D eigenvalue weighted by molar-refractivity contribution is -0.136. The zero-order chi connectivity index (χ0) is 23.1. The molecule has 7 nitrogen and oxygen atoms in total. The van der Waals surface area contributed by atoms with Gasteiger partial charge in [0.05, 0.1) is 5.02 Å². The van der Waals surface area contributed by atoms with Crippen molar-refractivity contribution in [3.05, 3.63) is 75.1 Å². The molecule has 0 bridgehead atoms. The lowest BCUT2D eigenvalue weighted by Crippen LogP contribution is -2.43. The number of carbonyl (C=O) groups is 2. The Morgan fingerprint density at radius 3 is 2.56 bits per heavy atom. The van der Waals surface area contributed by atoms with E-state index in [1.807, 2.05) is 44.2 Å². The molecule has 0 unspecified atom stereocenters. The fourth-order valence-electron chi connectivity index (χ4n) is 3.22. The molecule has 0 saturated carbocycles. The van der Waals surface area contributed by atoms with Crippen LogP contribution >= 0.6 is 11.6 Å². The van der Waals surface area contributed by atoms with E-state index in [4.69, 9.17) is 25.5 Å². The molecule has 3 aromatic rings. The Hall–Kier alpha value is -3.32. The standard InChI is InChI=1S/C24H24ClNO6/c1-3-8-19(26-24(29)30-14-15-9-6-5-7-10-15)23(28)32-21-13-20-17(12-18(21)25)16(4-2)11-22(27)31-20/h5-7,9-13,19H,3-4,8,14H2,1-2H3,(H,26,29)/t19-/m0/s1. The molecule has 1 N–H and O–H groups in total. The molecule has 0 spiro atoms. The van der Waals surface area contributed by atoms with Crippen molar-refractivity contribution < 1.29 is 23.5 Å². The highest BCUT2D eigenvalue weighted by Crippen LogP contribution is 2.31. The number of aryl methyl sites for hydroxylation is 1. The summed E-state index contributed by atoms with van der Waals surface area (Å²) in [5.74, 6) is -0.653. The van der Waals surface area contributed by atoms with E-state index >= 15 is 0 Å². The van der Waals surface area contributed by atoms with Crippen molar-refractivity contribution in [2.24, 2.45) is 0 Å². The van der Waals surface area contributed by atoms with E-state index in [1.54, 1.807) is 6.07 Å². The van der Waals surface area contributed by atoms with Crippen LogP contribution in [0.2, 0.25) is 5.02 Å². The fourth-order valence-corrected chi connectivity index (χ4v) is 3.43. The van der Waals surface area contributed by atoms with Gasteiger partial charge in [0.1, 0.15) is 18.2 Å². The molecule has 0 fully saturated rings. The third-order valence-electron chi connectivity index (χ3n) is 4.84. The average molecular weight is 458 g/mol. The Kier molecular flexibility index (Phi) is 7.89. The first-order valence-electron chi connectivity index (χ1n) is 10.4. The van der Waals surface area contributed by atoms with E-state index in [2.05, 4.69) is 5.32 Å². The van der Waals surface area contributed by atoms with Crippen LogP contribution in [0, 0.1) is 0 Å². The monoisotopic (exact) mass is 457 g/mol. The summed E-state index contributed by atoms with van der Waals surface area (Å²) in [7, 11) is 0. The van der Waals surface area contributed by atoms with E-state index in [9.17, 15) is 14.4 Å². The number of nitrogens with one attached hydrogen (secondary N) is 1. The van der Waals surface area contributed by atoms with Gasteiger partial charge in [0, 0.05) is 17.5 Å². The van der Waals surface area contributed by atoms with Gasteiger partial charge in [-0.2, -0.15) is 0 Å². The normalized spacial score (nSPS) is 11.7. The van der Waals surface area contributed by atoms with Crippen molar-refractivity contribution in [2.45, 2.75) is 45.8 Å². The smallest absolute Gasteiger partial charge is 0.408 e. The molecule has 0 saturated heterocycles. The molecule has 0 aliphatic rings. The molecule has 1 aromatic heterocycles. The fraction of sp³-hybridized carbons (Fsp3) is 0.292. The van der Waals surface area contributed by atoms with Crippen molar-refractivity contribution in [1.29, 1.82) is 0 Å². The second-order valence-electron chi connectivity index (χ2n) is 7.19. The number of hydrogen-bond acceptors (Lipinski definition) is 6. The molecular weight excluding hydrogens is 434 g/mol. The molecule has 3 rings (SSSR count). The Morgan fingerprint density at radius 2 is 1.88 bits per heavy atom. The molecule has 8 heteroatoms. The number of carbonyl (C=O) groups excluding carboxylic acids is 2. The van der Waals surface area contributed by atoms with E-state index in [-0.39, 0.29) is 23.0 Å². The number of ether oxygens (including phenoxy) is 2. The Balaban J connectivity index is 1.72. The van der Waals surface area contributed by atoms with Crippen LogP contribution in [-0.4, -0.2) is 18.1 Å². The van der Waals surface area contributed by atoms with Gasteiger partial charge in [0.25, 0.3) is 0 Å². The van der Waals surface area contributed by atoms with Gasteiger partial charge in [-0.05, 0) is 30.0 Å². The van der Waals surface area contributed by atoms with Gasteiger partial charge in [-0.15, -0.1) is 0 Å². The maximum Gasteiger partial charge on any atom is 0.408 e. The lowest BCUT2D eigenvalue weighted by atomic mass is 10.1. The number of hydrogen-bond donors (Lipinski definition) is 1. The first kappa shape index (κ1) is 23.3. The van der Waals surface area contributed by atoms with Gasteiger partial charge in [-0.1, -0.05) is 62.2 Å². The summed E-state index contributed by atoms with van der Waals surface area (Å²) in [5.41, 5.74) is 1.38. The molecule has 1 atom stereocenters. The van der Waals surface area contributed by atoms with Crippen molar-refractivity contribution in [3.63, 3.8) is 0 Å². The minimum atomic E-state index is -0.927. The molecule has 0 aliphatic heterocycles.